The standard InChI is InChI=1S/C10H18N2O5/c1-5(2)8(10(16)17)12-9(15)6(11-3)4-7(13)14/h5-6,8,11H,4H2,1-3H3,(H,12,15)(H,13,14)(H,16,17)/t6-,8-/m0/s1. The molecule has 0 rings (SSSR count). The predicted molar refractivity (Wildman–Crippen MR) is 59.5 cm³/mol. The molecule has 0 saturated carbocycles. The van der Waals surface area contributed by atoms with Gasteiger partial charge in [0.05, 0.1) is 12.5 Å². The van der Waals surface area contributed by atoms with Crippen molar-refractivity contribution in [3.8, 4) is 0 Å². The molecule has 0 aliphatic heterocycles. The highest BCUT2D eigenvalue weighted by Gasteiger charge is 2.27. The summed E-state index contributed by atoms with van der Waals surface area (Å²) in [7, 11) is 1.44. The Morgan fingerprint density at radius 2 is 1.71 bits per heavy atom. The lowest BCUT2D eigenvalue weighted by molar-refractivity contribution is -0.144. The third-order valence-corrected chi connectivity index (χ3v) is 2.27. The SMILES string of the molecule is CN[C@@H](CC(=O)O)C(=O)N[C@H](C(=O)O)C(C)C. The Hall–Kier alpha value is -1.63. The van der Waals surface area contributed by atoms with E-state index in [1.807, 2.05) is 0 Å². The maximum absolute atomic E-state index is 11.6. The molecule has 0 aliphatic carbocycles. The molecule has 17 heavy (non-hydrogen) atoms. The molecule has 2 atom stereocenters. The first-order valence-electron chi connectivity index (χ1n) is 5.21. The summed E-state index contributed by atoms with van der Waals surface area (Å²) in [6, 6.07) is -1.96. The van der Waals surface area contributed by atoms with Crippen molar-refractivity contribution < 1.29 is 24.6 Å². The molecule has 7 heteroatoms. The second kappa shape index (κ2) is 6.85. The van der Waals surface area contributed by atoms with Crippen molar-refractivity contribution in [3.63, 3.8) is 0 Å². The minimum absolute atomic E-state index is 0.279. The number of rotatable bonds is 7. The zero-order chi connectivity index (χ0) is 13.6. The number of carbonyl (C=O) groups is 3. The molecule has 0 spiro atoms. The molecule has 0 heterocycles. The summed E-state index contributed by atoms with van der Waals surface area (Å²) < 4.78 is 0. The fraction of sp³-hybridized carbons (Fsp3) is 0.700. The number of carboxylic acids is 2. The van der Waals surface area contributed by atoms with Crippen LogP contribution in [0.1, 0.15) is 20.3 Å². The molecule has 0 aromatic carbocycles. The van der Waals surface area contributed by atoms with Gasteiger partial charge in [-0.25, -0.2) is 4.79 Å². The van der Waals surface area contributed by atoms with E-state index in [4.69, 9.17) is 10.2 Å². The van der Waals surface area contributed by atoms with Gasteiger partial charge in [-0.2, -0.15) is 0 Å². The molecule has 0 aromatic rings. The van der Waals surface area contributed by atoms with Crippen LogP contribution in [0.15, 0.2) is 0 Å². The van der Waals surface area contributed by atoms with Crippen molar-refractivity contribution in [1.82, 2.24) is 10.6 Å². The highest BCUT2D eigenvalue weighted by molar-refractivity contribution is 5.89. The molecule has 0 aromatic heterocycles. The minimum atomic E-state index is -1.14. The highest BCUT2D eigenvalue weighted by atomic mass is 16.4. The number of likely N-dealkylation sites (N-methyl/N-ethyl adjacent to an activating group) is 1. The lowest BCUT2D eigenvalue weighted by Crippen LogP contribution is -2.51. The topological polar surface area (TPSA) is 116 Å². The normalized spacial score (nSPS) is 14.1. The smallest absolute Gasteiger partial charge is 0.326 e. The van der Waals surface area contributed by atoms with Gasteiger partial charge in [-0.3, -0.25) is 9.59 Å². The van der Waals surface area contributed by atoms with E-state index in [1.165, 1.54) is 7.05 Å². The van der Waals surface area contributed by atoms with Crippen LogP contribution in [0.2, 0.25) is 0 Å². The summed E-state index contributed by atoms with van der Waals surface area (Å²) in [6.45, 7) is 3.31. The third-order valence-electron chi connectivity index (χ3n) is 2.27. The van der Waals surface area contributed by atoms with Gasteiger partial charge in [-0.1, -0.05) is 13.8 Å². The van der Waals surface area contributed by atoms with Gasteiger partial charge in [-0.15, -0.1) is 0 Å². The van der Waals surface area contributed by atoms with Gasteiger partial charge >= 0.3 is 11.9 Å². The minimum Gasteiger partial charge on any atom is -0.481 e. The predicted octanol–water partition coefficient (Wildman–Crippen LogP) is -0.725. The van der Waals surface area contributed by atoms with Crippen molar-refractivity contribution in [2.24, 2.45) is 5.92 Å². The first kappa shape index (κ1) is 15.4. The fourth-order valence-electron chi connectivity index (χ4n) is 1.27. The maximum atomic E-state index is 11.6. The van der Waals surface area contributed by atoms with Crippen LogP contribution in [0.5, 0.6) is 0 Å². The van der Waals surface area contributed by atoms with Crippen molar-refractivity contribution >= 4 is 17.8 Å². The average molecular weight is 246 g/mol. The molecule has 7 nitrogen and oxygen atoms in total. The molecule has 0 unspecified atom stereocenters. The van der Waals surface area contributed by atoms with Gasteiger partial charge in [0, 0.05) is 0 Å². The number of hydrogen-bond donors (Lipinski definition) is 4. The first-order chi connectivity index (χ1) is 7.79. The number of carbonyl (C=O) groups excluding carboxylic acids is 1. The lowest BCUT2D eigenvalue weighted by Gasteiger charge is -2.21. The first-order valence-corrected chi connectivity index (χ1v) is 5.21. The van der Waals surface area contributed by atoms with Crippen LogP contribution in [0.4, 0.5) is 0 Å². The molecule has 4 N–H and O–H groups in total. The quantitative estimate of drug-likeness (QED) is 0.471. The van der Waals surface area contributed by atoms with Crippen molar-refractivity contribution in [1.29, 1.82) is 0 Å². The van der Waals surface area contributed by atoms with Gasteiger partial charge in [0.15, 0.2) is 0 Å². The van der Waals surface area contributed by atoms with Crippen LogP contribution >= 0.6 is 0 Å². The van der Waals surface area contributed by atoms with Gasteiger partial charge < -0.3 is 20.8 Å². The summed E-state index contributed by atoms with van der Waals surface area (Å²) in [5, 5.41) is 22.3. The zero-order valence-corrected chi connectivity index (χ0v) is 10.1. The van der Waals surface area contributed by atoms with E-state index in [1.54, 1.807) is 13.8 Å². The van der Waals surface area contributed by atoms with Crippen LogP contribution in [-0.4, -0.2) is 47.2 Å². The highest BCUT2D eigenvalue weighted by Crippen LogP contribution is 2.03. The molecule has 0 bridgehead atoms. The molecular weight excluding hydrogens is 228 g/mol. The Bertz CT molecular complexity index is 303. The summed E-state index contributed by atoms with van der Waals surface area (Å²) >= 11 is 0. The fourth-order valence-corrected chi connectivity index (χ4v) is 1.27. The number of aliphatic carboxylic acids is 2. The summed E-state index contributed by atoms with van der Waals surface area (Å²) in [6.07, 6.45) is -0.396. The molecule has 0 saturated heterocycles. The van der Waals surface area contributed by atoms with Crippen LogP contribution in [0.3, 0.4) is 0 Å². The Morgan fingerprint density at radius 1 is 1.18 bits per heavy atom. The number of hydrogen-bond acceptors (Lipinski definition) is 4. The van der Waals surface area contributed by atoms with Crippen molar-refractivity contribution in [2.45, 2.75) is 32.4 Å². The number of nitrogens with one attached hydrogen (secondary N) is 2. The van der Waals surface area contributed by atoms with E-state index < -0.39 is 36.4 Å². The van der Waals surface area contributed by atoms with Crippen molar-refractivity contribution in [3.05, 3.63) is 0 Å². The Labute approximate surface area is 99.2 Å². The second-order valence-electron chi connectivity index (χ2n) is 4.01. The molecule has 98 valence electrons. The largest absolute Gasteiger partial charge is 0.481 e. The number of amides is 1. The maximum Gasteiger partial charge on any atom is 0.326 e. The van der Waals surface area contributed by atoms with E-state index in [0.29, 0.717) is 0 Å². The van der Waals surface area contributed by atoms with Crippen LogP contribution in [0, 0.1) is 5.92 Å². The molecule has 0 fully saturated rings. The summed E-state index contributed by atoms with van der Waals surface area (Å²) in [4.78, 5) is 33.0. The Kier molecular flexibility index (Phi) is 6.19. The van der Waals surface area contributed by atoms with Crippen LogP contribution in [-0.2, 0) is 14.4 Å². The number of carboxylic acid groups (broad SMARTS) is 2. The molecule has 0 aliphatic rings. The summed E-state index contributed by atoms with van der Waals surface area (Å²) in [5.41, 5.74) is 0. The van der Waals surface area contributed by atoms with Crippen molar-refractivity contribution in [2.75, 3.05) is 7.05 Å². The van der Waals surface area contributed by atoms with Gasteiger partial charge in [0.1, 0.15) is 6.04 Å². The Balaban J connectivity index is 4.57. The van der Waals surface area contributed by atoms with E-state index in [0.717, 1.165) is 0 Å². The van der Waals surface area contributed by atoms with Gasteiger partial charge in [-0.05, 0) is 13.0 Å². The lowest BCUT2D eigenvalue weighted by atomic mass is 10.0. The molecule has 0 radical (unpaired) electrons. The van der Waals surface area contributed by atoms with E-state index in [2.05, 4.69) is 10.6 Å². The summed E-state index contributed by atoms with van der Waals surface area (Å²) in [5.74, 6) is -3.18. The Morgan fingerprint density at radius 3 is 2.00 bits per heavy atom. The van der Waals surface area contributed by atoms with E-state index in [9.17, 15) is 14.4 Å². The van der Waals surface area contributed by atoms with Gasteiger partial charge in [0.25, 0.3) is 0 Å². The zero-order valence-electron chi connectivity index (χ0n) is 10.1. The molecular formula is C10H18N2O5. The average Bonchev–Trinajstić information content (AvgIpc) is 2.20. The second-order valence-corrected chi connectivity index (χ2v) is 4.01. The van der Waals surface area contributed by atoms with Crippen LogP contribution < -0.4 is 10.6 Å². The van der Waals surface area contributed by atoms with Gasteiger partial charge in [0.2, 0.25) is 5.91 Å². The third kappa shape index (κ3) is 5.30. The molecule has 1 amide bonds. The van der Waals surface area contributed by atoms with Crippen LogP contribution in [0.25, 0.3) is 0 Å². The van der Waals surface area contributed by atoms with E-state index >= 15 is 0 Å². The monoisotopic (exact) mass is 246 g/mol. The van der Waals surface area contributed by atoms with E-state index in [-0.39, 0.29) is 5.92 Å².